The molecule has 0 radical (unpaired) electrons. The van der Waals surface area contributed by atoms with Gasteiger partial charge in [0.15, 0.2) is 0 Å². The quantitative estimate of drug-likeness (QED) is 0.769. The van der Waals surface area contributed by atoms with Gasteiger partial charge in [-0.3, -0.25) is 0 Å². The zero-order valence-corrected chi connectivity index (χ0v) is 12.0. The molecule has 1 aromatic heterocycles. The predicted octanol–water partition coefficient (Wildman–Crippen LogP) is 4.67. The van der Waals surface area contributed by atoms with Crippen LogP contribution in [-0.4, -0.2) is 11.2 Å². The van der Waals surface area contributed by atoms with Gasteiger partial charge in [-0.25, -0.2) is 4.98 Å². The molecule has 0 aliphatic carbocycles. The van der Waals surface area contributed by atoms with E-state index in [9.17, 15) is 0 Å². The number of pyridine rings is 1. The van der Waals surface area contributed by atoms with Crippen molar-refractivity contribution in [2.24, 2.45) is 0 Å². The van der Waals surface area contributed by atoms with E-state index in [1.54, 1.807) is 11.8 Å². The van der Waals surface area contributed by atoms with Crippen LogP contribution in [-0.2, 0) is 0 Å². The zero-order chi connectivity index (χ0) is 12.3. The van der Waals surface area contributed by atoms with E-state index in [4.69, 9.17) is 4.74 Å². The van der Waals surface area contributed by atoms with Crippen LogP contribution in [0, 0.1) is 6.92 Å². The summed E-state index contributed by atoms with van der Waals surface area (Å²) in [5.41, 5.74) is 0.920. The maximum atomic E-state index is 5.78. The fourth-order valence-electron chi connectivity index (χ4n) is 1.39. The minimum atomic E-state index is 0.618. The molecule has 0 unspecified atom stereocenters. The summed E-state index contributed by atoms with van der Waals surface area (Å²) in [6, 6.07) is 11.7. The van der Waals surface area contributed by atoms with Crippen LogP contribution in [0.1, 0.15) is 5.69 Å². The second kappa shape index (κ2) is 5.56. The predicted molar refractivity (Wildman–Crippen MR) is 75.0 cm³/mol. The Balaban J connectivity index is 2.28. The lowest BCUT2D eigenvalue weighted by molar-refractivity contribution is 0.451. The number of thioether (sulfide) groups is 1. The summed E-state index contributed by atoms with van der Waals surface area (Å²) in [4.78, 5) is 5.47. The first-order chi connectivity index (χ1) is 8.20. The summed E-state index contributed by atoms with van der Waals surface area (Å²) in [5, 5.41) is 0. The SMILES string of the molecule is CSc1ccccc1Oc1ccc(Br)c(C)n1. The van der Waals surface area contributed by atoms with Gasteiger partial charge in [-0.2, -0.15) is 0 Å². The van der Waals surface area contributed by atoms with E-state index in [1.807, 2.05) is 49.6 Å². The van der Waals surface area contributed by atoms with Crippen molar-refractivity contribution in [1.29, 1.82) is 0 Å². The Morgan fingerprint density at radius 3 is 2.65 bits per heavy atom. The van der Waals surface area contributed by atoms with E-state index in [0.29, 0.717) is 5.88 Å². The highest BCUT2D eigenvalue weighted by Gasteiger charge is 2.05. The third-order valence-electron chi connectivity index (χ3n) is 2.28. The number of rotatable bonds is 3. The van der Waals surface area contributed by atoms with E-state index in [0.717, 1.165) is 20.8 Å². The molecule has 0 N–H and O–H groups in total. The van der Waals surface area contributed by atoms with E-state index in [2.05, 4.69) is 20.9 Å². The van der Waals surface area contributed by atoms with E-state index in [1.165, 1.54) is 0 Å². The Morgan fingerprint density at radius 2 is 1.94 bits per heavy atom. The summed E-state index contributed by atoms with van der Waals surface area (Å²) in [6.45, 7) is 1.94. The van der Waals surface area contributed by atoms with Gasteiger partial charge in [-0.15, -0.1) is 11.8 Å². The third-order valence-corrected chi connectivity index (χ3v) is 3.89. The number of benzene rings is 1. The molecule has 1 heterocycles. The van der Waals surface area contributed by atoms with Crippen molar-refractivity contribution >= 4 is 27.7 Å². The summed E-state index contributed by atoms with van der Waals surface area (Å²) >= 11 is 5.08. The number of hydrogen-bond donors (Lipinski definition) is 0. The minimum absolute atomic E-state index is 0.618. The molecule has 0 bridgehead atoms. The van der Waals surface area contributed by atoms with Crippen LogP contribution in [0.3, 0.4) is 0 Å². The number of aromatic nitrogens is 1. The lowest BCUT2D eigenvalue weighted by Gasteiger charge is -2.09. The van der Waals surface area contributed by atoms with Gasteiger partial charge in [0.25, 0.3) is 0 Å². The Hall–Kier alpha value is -1.00. The molecule has 0 aliphatic rings. The number of aryl methyl sites for hydroxylation is 1. The summed E-state index contributed by atoms with van der Waals surface area (Å²) in [5.74, 6) is 1.46. The van der Waals surface area contributed by atoms with Crippen molar-refractivity contribution in [2.75, 3.05) is 6.26 Å². The minimum Gasteiger partial charge on any atom is -0.438 e. The van der Waals surface area contributed by atoms with Gasteiger partial charge in [-0.1, -0.05) is 12.1 Å². The molecule has 0 amide bonds. The second-order valence-corrected chi connectivity index (χ2v) is 5.17. The van der Waals surface area contributed by atoms with Gasteiger partial charge < -0.3 is 4.74 Å². The van der Waals surface area contributed by atoms with E-state index in [-0.39, 0.29) is 0 Å². The summed E-state index contributed by atoms with van der Waals surface area (Å²) in [6.07, 6.45) is 2.03. The highest BCUT2D eigenvalue weighted by Crippen LogP contribution is 2.31. The molecule has 2 nitrogen and oxygen atoms in total. The molecule has 0 fully saturated rings. The van der Waals surface area contributed by atoms with Crippen molar-refractivity contribution < 1.29 is 4.74 Å². The molecule has 2 rings (SSSR count). The largest absolute Gasteiger partial charge is 0.438 e. The molecule has 0 aliphatic heterocycles. The molecular weight excluding hydrogens is 298 g/mol. The topological polar surface area (TPSA) is 22.1 Å². The average molecular weight is 310 g/mol. The Morgan fingerprint density at radius 1 is 1.18 bits per heavy atom. The van der Waals surface area contributed by atoms with Crippen molar-refractivity contribution in [3.8, 4) is 11.6 Å². The van der Waals surface area contributed by atoms with Gasteiger partial charge >= 0.3 is 0 Å². The monoisotopic (exact) mass is 309 g/mol. The lowest BCUT2D eigenvalue weighted by atomic mass is 10.3. The first kappa shape index (κ1) is 12.5. The normalized spacial score (nSPS) is 10.3. The molecule has 2 aromatic rings. The summed E-state index contributed by atoms with van der Waals surface area (Å²) < 4.78 is 6.77. The maximum absolute atomic E-state index is 5.78. The van der Waals surface area contributed by atoms with Crippen LogP contribution in [0.15, 0.2) is 45.8 Å². The molecule has 4 heteroatoms. The van der Waals surface area contributed by atoms with Crippen molar-refractivity contribution in [2.45, 2.75) is 11.8 Å². The van der Waals surface area contributed by atoms with Gasteiger partial charge in [-0.05, 0) is 47.3 Å². The molecule has 17 heavy (non-hydrogen) atoms. The molecule has 0 spiro atoms. The smallest absolute Gasteiger partial charge is 0.219 e. The molecule has 1 aromatic carbocycles. The van der Waals surface area contributed by atoms with Crippen LogP contribution in [0.5, 0.6) is 11.6 Å². The van der Waals surface area contributed by atoms with Gasteiger partial charge in [0.05, 0.1) is 5.69 Å². The van der Waals surface area contributed by atoms with Crippen LogP contribution in [0.4, 0.5) is 0 Å². The first-order valence-corrected chi connectivity index (χ1v) is 7.16. The Labute approximate surface area is 114 Å². The second-order valence-electron chi connectivity index (χ2n) is 3.47. The van der Waals surface area contributed by atoms with Gasteiger partial charge in [0, 0.05) is 15.4 Å². The Kier molecular flexibility index (Phi) is 4.07. The van der Waals surface area contributed by atoms with Gasteiger partial charge in [0.2, 0.25) is 5.88 Å². The average Bonchev–Trinajstić information content (AvgIpc) is 2.34. The van der Waals surface area contributed by atoms with Crippen LogP contribution in [0.2, 0.25) is 0 Å². The van der Waals surface area contributed by atoms with Crippen LogP contribution in [0.25, 0.3) is 0 Å². The maximum Gasteiger partial charge on any atom is 0.219 e. The van der Waals surface area contributed by atoms with E-state index >= 15 is 0 Å². The number of ether oxygens (including phenoxy) is 1. The molecular formula is C13H12BrNOS. The highest BCUT2D eigenvalue weighted by molar-refractivity contribution is 9.10. The van der Waals surface area contributed by atoms with Crippen molar-refractivity contribution in [3.05, 3.63) is 46.6 Å². The van der Waals surface area contributed by atoms with E-state index < -0.39 is 0 Å². The zero-order valence-electron chi connectivity index (χ0n) is 9.61. The Bertz CT molecular complexity index is 531. The van der Waals surface area contributed by atoms with Crippen LogP contribution >= 0.6 is 27.7 Å². The number of para-hydroxylation sites is 1. The van der Waals surface area contributed by atoms with Crippen molar-refractivity contribution in [3.63, 3.8) is 0 Å². The fraction of sp³-hybridized carbons (Fsp3) is 0.154. The summed E-state index contributed by atoms with van der Waals surface area (Å²) in [7, 11) is 0. The molecule has 88 valence electrons. The van der Waals surface area contributed by atoms with Crippen LogP contribution < -0.4 is 4.74 Å². The molecule has 0 atom stereocenters. The molecule has 0 saturated carbocycles. The number of nitrogens with zero attached hydrogens (tertiary/aromatic N) is 1. The highest BCUT2D eigenvalue weighted by atomic mass is 79.9. The fourth-order valence-corrected chi connectivity index (χ4v) is 2.14. The molecule has 0 saturated heterocycles. The lowest BCUT2D eigenvalue weighted by Crippen LogP contribution is -1.91. The first-order valence-electron chi connectivity index (χ1n) is 5.14. The number of halogens is 1. The van der Waals surface area contributed by atoms with Crippen molar-refractivity contribution in [1.82, 2.24) is 4.98 Å². The number of hydrogen-bond acceptors (Lipinski definition) is 3. The standard InChI is InChI=1S/C13H12BrNOS/c1-9-10(14)7-8-13(15-9)16-11-5-3-4-6-12(11)17-2/h3-8H,1-2H3. The van der Waals surface area contributed by atoms with Gasteiger partial charge in [0.1, 0.15) is 5.75 Å². The third kappa shape index (κ3) is 3.01.